The third kappa shape index (κ3) is 6.56. The van der Waals surface area contributed by atoms with Gasteiger partial charge in [-0.25, -0.2) is 8.42 Å². The highest BCUT2D eigenvalue weighted by Gasteiger charge is 2.50. The number of likely N-dealkylation sites (tertiary alicyclic amines) is 1. The van der Waals surface area contributed by atoms with Crippen LogP contribution < -0.4 is 19.9 Å². The average molecular weight is 667 g/mol. The number of methoxy groups -OCH3 is 1. The predicted molar refractivity (Wildman–Crippen MR) is 159 cm³/mol. The van der Waals surface area contributed by atoms with Crippen molar-refractivity contribution in [3.8, 4) is 11.5 Å². The number of alkyl halides is 2. The topological polar surface area (TPSA) is 111 Å². The van der Waals surface area contributed by atoms with Crippen LogP contribution in [0.25, 0.3) is 10.8 Å². The van der Waals surface area contributed by atoms with Crippen molar-refractivity contribution in [3.63, 3.8) is 0 Å². The number of rotatable bonds is 9. The van der Waals surface area contributed by atoms with Gasteiger partial charge in [-0.05, 0) is 102 Å². The predicted octanol–water partition coefficient (Wildman–Crippen LogP) is 5.32. The standard InChI is InChI=1S/C30H34BrF2N3O5S/c1-40-27-18-21(8-11-26(27)31)30(32,33)28(29(37)36-14-12-22(34)13-15-36)35-42(38,39)25-10-7-19-16-24(9-6-20(19)17-25)41-23-4-2-3-5-23/h6-11,16-18,22-23,28,35H,2-5,12-15,34H2,1H3/t28-/m0/s1. The first-order valence-corrected chi connectivity index (χ1v) is 16.2. The Bertz CT molecular complexity index is 1560. The minimum atomic E-state index is -4.56. The Hall–Kier alpha value is -2.80. The van der Waals surface area contributed by atoms with E-state index in [9.17, 15) is 13.2 Å². The molecular weight excluding hydrogens is 632 g/mol. The number of sulfonamides is 1. The van der Waals surface area contributed by atoms with E-state index in [2.05, 4.69) is 20.7 Å². The number of hydrogen-bond acceptors (Lipinski definition) is 6. The number of benzene rings is 3. The molecule has 0 spiro atoms. The second-order valence-corrected chi connectivity index (χ2v) is 13.5. The van der Waals surface area contributed by atoms with Crippen LogP contribution in [0.15, 0.2) is 64.0 Å². The number of amides is 1. The lowest BCUT2D eigenvalue weighted by Gasteiger charge is -2.35. The molecule has 0 aromatic heterocycles. The van der Waals surface area contributed by atoms with E-state index in [4.69, 9.17) is 15.2 Å². The molecular formula is C30H34BrF2N3O5S. The fourth-order valence-electron chi connectivity index (χ4n) is 5.48. The highest BCUT2D eigenvalue weighted by atomic mass is 79.9. The molecule has 12 heteroatoms. The second-order valence-electron chi connectivity index (χ2n) is 10.9. The van der Waals surface area contributed by atoms with Crippen molar-refractivity contribution in [3.05, 3.63) is 64.6 Å². The van der Waals surface area contributed by atoms with Crippen LogP contribution in [0.2, 0.25) is 0 Å². The minimum Gasteiger partial charge on any atom is -0.496 e. The molecule has 0 radical (unpaired) electrons. The van der Waals surface area contributed by atoms with E-state index in [1.54, 1.807) is 18.2 Å². The molecule has 1 saturated heterocycles. The third-order valence-electron chi connectivity index (χ3n) is 7.97. The van der Waals surface area contributed by atoms with Crippen LogP contribution in [0.1, 0.15) is 44.1 Å². The maximum absolute atomic E-state index is 16.2. The van der Waals surface area contributed by atoms with Gasteiger partial charge in [-0.3, -0.25) is 4.79 Å². The Morgan fingerprint density at radius 3 is 2.38 bits per heavy atom. The third-order valence-corrected chi connectivity index (χ3v) is 10.0. The molecule has 2 aliphatic rings. The van der Waals surface area contributed by atoms with E-state index in [1.807, 2.05) is 6.07 Å². The molecule has 0 bridgehead atoms. The Balaban J connectivity index is 1.46. The highest BCUT2D eigenvalue weighted by molar-refractivity contribution is 9.10. The quantitative estimate of drug-likeness (QED) is 0.320. The number of piperidine rings is 1. The molecule has 1 aliphatic carbocycles. The summed E-state index contributed by atoms with van der Waals surface area (Å²) in [7, 11) is -3.24. The number of ether oxygens (including phenoxy) is 2. The molecule has 2 fully saturated rings. The second kappa shape index (κ2) is 12.4. The van der Waals surface area contributed by atoms with Gasteiger partial charge < -0.3 is 20.1 Å². The van der Waals surface area contributed by atoms with Gasteiger partial charge in [0.1, 0.15) is 11.5 Å². The largest absolute Gasteiger partial charge is 0.496 e. The van der Waals surface area contributed by atoms with E-state index in [0.29, 0.717) is 28.5 Å². The summed E-state index contributed by atoms with van der Waals surface area (Å²) < 4.78 is 73.2. The van der Waals surface area contributed by atoms with Crippen molar-refractivity contribution in [1.82, 2.24) is 9.62 Å². The zero-order chi connectivity index (χ0) is 30.1. The maximum atomic E-state index is 16.2. The van der Waals surface area contributed by atoms with Gasteiger partial charge >= 0.3 is 0 Å². The number of carbonyl (C=O) groups excluding carboxylic acids is 1. The van der Waals surface area contributed by atoms with Gasteiger partial charge in [0.2, 0.25) is 15.9 Å². The minimum absolute atomic E-state index is 0.121. The Labute approximate surface area is 252 Å². The highest BCUT2D eigenvalue weighted by Crippen LogP contribution is 2.38. The molecule has 1 atom stereocenters. The Morgan fingerprint density at radius 1 is 1.02 bits per heavy atom. The molecule has 3 aromatic carbocycles. The van der Waals surface area contributed by atoms with Crippen molar-refractivity contribution in [2.75, 3.05) is 20.2 Å². The number of fused-ring (bicyclic) bond motifs is 1. The number of nitrogens with two attached hydrogens (primary N) is 1. The number of nitrogens with one attached hydrogen (secondary N) is 1. The first-order valence-electron chi connectivity index (χ1n) is 14.0. The molecule has 0 unspecified atom stereocenters. The summed E-state index contributed by atoms with van der Waals surface area (Å²) in [6.07, 6.45) is 5.31. The smallest absolute Gasteiger partial charge is 0.298 e. The number of carbonyl (C=O) groups is 1. The summed E-state index contributed by atoms with van der Waals surface area (Å²) in [6, 6.07) is 10.7. The molecule has 1 saturated carbocycles. The van der Waals surface area contributed by atoms with Crippen LogP contribution in [0.3, 0.4) is 0 Å². The van der Waals surface area contributed by atoms with Crippen LogP contribution in [-0.2, 0) is 20.7 Å². The summed E-state index contributed by atoms with van der Waals surface area (Å²) in [5.41, 5.74) is 5.38. The summed E-state index contributed by atoms with van der Waals surface area (Å²) in [5, 5.41) is 1.34. The van der Waals surface area contributed by atoms with Crippen LogP contribution in [0.5, 0.6) is 11.5 Å². The Morgan fingerprint density at radius 2 is 1.69 bits per heavy atom. The van der Waals surface area contributed by atoms with Crippen molar-refractivity contribution >= 4 is 42.6 Å². The number of halogens is 3. The summed E-state index contributed by atoms with van der Waals surface area (Å²) in [4.78, 5) is 14.6. The van der Waals surface area contributed by atoms with Crippen LogP contribution in [-0.4, -0.2) is 57.6 Å². The van der Waals surface area contributed by atoms with Crippen molar-refractivity contribution in [1.29, 1.82) is 0 Å². The van der Waals surface area contributed by atoms with Crippen LogP contribution >= 0.6 is 15.9 Å². The first-order chi connectivity index (χ1) is 20.0. The van der Waals surface area contributed by atoms with E-state index < -0.39 is 33.5 Å². The van der Waals surface area contributed by atoms with Gasteiger partial charge in [0, 0.05) is 24.7 Å². The molecule has 1 aliphatic heterocycles. The molecule has 3 N–H and O–H groups in total. The van der Waals surface area contributed by atoms with E-state index in [1.165, 1.54) is 30.2 Å². The van der Waals surface area contributed by atoms with Crippen LogP contribution in [0, 0.1) is 0 Å². The zero-order valence-corrected chi connectivity index (χ0v) is 25.6. The molecule has 8 nitrogen and oxygen atoms in total. The van der Waals surface area contributed by atoms with Gasteiger partial charge in [0.05, 0.1) is 22.6 Å². The maximum Gasteiger partial charge on any atom is 0.298 e. The fraction of sp³-hybridized carbons (Fsp3) is 0.433. The lowest BCUT2D eigenvalue weighted by atomic mass is 9.98. The molecule has 5 rings (SSSR count). The molecule has 1 heterocycles. The fourth-order valence-corrected chi connectivity index (χ4v) is 7.11. The molecule has 42 heavy (non-hydrogen) atoms. The number of nitrogens with zero attached hydrogens (tertiary/aromatic N) is 1. The van der Waals surface area contributed by atoms with Crippen molar-refractivity contribution < 1.29 is 31.5 Å². The molecule has 226 valence electrons. The summed E-state index contributed by atoms with van der Waals surface area (Å²) in [6.45, 7) is 0.304. The summed E-state index contributed by atoms with van der Waals surface area (Å²) >= 11 is 3.24. The zero-order valence-electron chi connectivity index (χ0n) is 23.2. The van der Waals surface area contributed by atoms with Gasteiger partial charge in [0.15, 0.2) is 6.04 Å². The van der Waals surface area contributed by atoms with Gasteiger partial charge in [-0.15, -0.1) is 0 Å². The monoisotopic (exact) mass is 665 g/mol. The SMILES string of the molecule is COc1cc(C(F)(F)[C@@H](NS(=O)(=O)c2ccc3cc(OC4CCCC4)ccc3c2)C(=O)N2CCC(N)CC2)ccc1Br. The van der Waals surface area contributed by atoms with Crippen molar-refractivity contribution in [2.24, 2.45) is 5.73 Å². The molecule has 3 aromatic rings. The van der Waals surface area contributed by atoms with Gasteiger partial charge in [0.25, 0.3) is 5.92 Å². The normalized spacial score (nSPS) is 17.9. The number of hydrogen-bond donors (Lipinski definition) is 2. The van der Waals surface area contributed by atoms with E-state index in [-0.39, 0.29) is 35.9 Å². The van der Waals surface area contributed by atoms with Crippen LogP contribution in [0.4, 0.5) is 8.78 Å². The van der Waals surface area contributed by atoms with Gasteiger partial charge in [-0.2, -0.15) is 13.5 Å². The first kappa shape index (κ1) is 30.7. The molecule has 1 amide bonds. The van der Waals surface area contributed by atoms with E-state index >= 15 is 8.78 Å². The van der Waals surface area contributed by atoms with Crippen molar-refractivity contribution in [2.45, 2.75) is 67.5 Å². The Kier molecular flexibility index (Phi) is 9.08. The average Bonchev–Trinajstić information content (AvgIpc) is 3.49. The van der Waals surface area contributed by atoms with E-state index in [0.717, 1.165) is 43.2 Å². The van der Waals surface area contributed by atoms with Gasteiger partial charge in [-0.1, -0.05) is 18.2 Å². The lowest BCUT2D eigenvalue weighted by Crippen LogP contribution is -2.58. The lowest BCUT2D eigenvalue weighted by molar-refractivity contribution is -0.145. The summed E-state index contributed by atoms with van der Waals surface area (Å²) in [5.74, 6) is -4.12.